The maximum Gasteiger partial charge on any atom is 0.343 e. The Morgan fingerprint density at radius 2 is 1.29 bits per heavy atom. The third-order valence-electron chi connectivity index (χ3n) is 7.75. The van der Waals surface area contributed by atoms with Gasteiger partial charge in [-0.05, 0) is 55.0 Å². The number of nitro groups is 1. The van der Waals surface area contributed by atoms with E-state index in [9.17, 15) is 14.9 Å². The molecule has 0 aliphatic heterocycles. The summed E-state index contributed by atoms with van der Waals surface area (Å²) >= 11 is 0. The fraction of sp³-hybridized carbons (Fsp3) is 0.378. The molecule has 0 aromatic heterocycles. The molecule has 8 heteroatoms. The standard InChI is InChI=1S/C37H43N3O5/c1-2-3-4-5-6-7-8-9-10-11-12-15-28-44-32-24-18-29(19-25-32)37(41)45-36-27-26-35(33-16-13-14-17-34(33)36)39-38-30-20-22-31(23-21-30)40(42)43/h13-14,16-27H,2-12,15,28H2,1H3. The number of nitro benzene ring substituents is 1. The Bertz CT molecular complexity index is 1530. The number of ether oxygens (including phenoxy) is 2. The first-order valence-corrected chi connectivity index (χ1v) is 16.2. The zero-order valence-electron chi connectivity index (χ0n) is 26.2. The minimum absolute atomic E-state index is 0.0115. The number of hydrogen-bond donors (Lipinski definition) is 0. The van der Waals surface area contributed by atoms with Crippen molar-refractivity contribution in [2.75, 3.05) is 6.61 Å². The Morgan fingerprint density at radius 1 is 0.689 bits per heavy atom. The van der Waals surface area contributed by atoms with Gasteiger partial charge < -0.3 is 9.47 Å². The number of hydrogen-bond acceptors (Lipinski definition) is 7. The molecule has 0 spiro atoms. The molecule has 0 bridgehead atoms. The largest absolute Gasteiger partial charge is 0.494 e. The van der Waals surface area contributed by atoms with Gasteiger partial charge in [-0.3, -0.25) is 10.1 Å². The van der Waals surface area contributed by atoms with Crippen LogP contribution < -0.4 is 9.47 Å². The van der Waals surface area contributed by atoms with E-state index >= 15 is 0 Å². The highest BCUT2D eigenvalue weighted by molar-refractivity contribution is 5.99. The summed E-state index contributed by atoms with van der Waals surface area (Å²) in [7, 11) is 0. The van der Waals surface area contributed by atoms with Crippen molar-refractivity contribution in [2.24, 2.45) is 10.2 Å². The molecule has 0 saturated carbocycles. The van der Waals surface area contributed by atoms with Crippen LogP contribution in [0, 0.1) is 10.1 Å². The van der Waals surface area contributed by atoms with Crippen LogP contribution >= 0.6 is 0 Å². The van der Waals surface area contributed by atoms with E-state index in [0.717, 1.165) is 17.6 Å². The number of carbonyl (C=O) groups excluding carboxylic acids is 1. The number of non-ortho nitro benzene ring substituents is 1. The third-order valence-corrected chi connectivity index (χ3v) is 7.75. The van der Waals surface area contributed by atoms with E-state index in [1.165, 1.54) is 94.9 Å². The molecule has 8 nitrogen and oxygen atoms in total. The van der Waals surface area contributed by atoms with E-state index in [1.54, 1.807) is 36.4 Å². The zero-order chi connectivity index (χ0) is 31.7. The Balaban J connectivity index is 1.22. The molecule has 4 aromatic rings. The van der Waals surface area contributed by atoms with Gasteiger partial charge in [0.15, 0.2) is 0 Å². The van der Waals surface area contributed by atoms with Crippen molar-refractivity contribution >= 4 is 33.8 Å². The molecule has 4 rings (SSSR count). The number of rotatable bonds is 19. The molecule has 0 radical (unpaired) electrons. The summed E-state index contributed by atoms with van der Waals surface area (Å²) in [5.74, 6) is 0.688. The number of esters is 1. The van der Waals surface area contributed by atoms with Crippen LogP contribution in [-0.2, 0) is 0 Å². The lowest BCUT2D eigenvalue weighted by molar-refractivity contribution is -0.384. The molecule has 0 aliphatic carbocycles. The molecule has 236 valence electrons. The maximum absolute atomic E-state index is 13.0. The first-order chi connectivity index (χ1) is 22.0. The second kappa shape index (κ2) is 18.3. The number of carbonyl (C=O) groups is 1. The van der Waals surface area contributed by atoms with Crippen molar-refractivity contribution < 1.29 is 19.2 Å². The first kappa shape index (κ1) is 33.3. The van der Waals surface area contributed by atoms with E-state index in [4.69, 9.17) is 9.47 Å². The zero-order valence-corrected chi connectivity index (χ0v) is 26.2. The molecule has 45 heavy (non-hydrogen) atoms. The monoisotopic (exact) mass is 609 g/mol. The van der Waals surface area contributed by atoms with Crippen LogP contribution in [-0.4, -0.2) is 17.5 Å². The summed E-state index contributed by atoms with van der Waals surface area (Å²) in [5.41, 5.74) is 1.49. The highest BCUT2D eigenvalue weighted by Crippen LogP contribution is 2.35. The average molecular weight is 610 g/mol. The van der Waals surface area contributed by atoms with Crippen LogP contribution in [0.1, 0.15) is 94.3 Å². The van der Waals surface area contributed by atoms with Gasteiger partial charge >= 0.3 is 5.97 Å². The molecular weight excluding hydrogens is 566 g/mol. The molecule has 0 heterocycles. The fourth-order valence-corrected chi connectivity index (χ4v) is 5.16. The molecule has 0 unspecified atom stereocenters. The smallest absolute Gasteiger partial charge is 0.343 e. The summed E-state index contributed by atoms with van der Waals surface area (Å²) in [4.78, 5) is 23.4. The van der Waals surface area contributed by atoms with Gasteiger partial charge in [0.25, 0.3) is 5.69 Å². The van der Waals surface area contributed by atoms with E-state index in [1.807, 2.05) is 24.3 Å². The van der Waals surface area contributed by atoms with E-state index in [2.05, 4.69) is 17.2 Å². The van der Waals surface area contributed by atoms with Gasteiger partial charge in [-0.15, -0.1) is 5.11 Å². The number of unbranched alkanes of at least 4 members (excludes halogenated alkanes) is 11. The molecule has 0 fully saturated rings. The quantitative estimate of drug-likeness (QED) is 0.0263. The second-order valence-corrected chi connectivity index (χ2v) is 11.3. The van der Waals surface area contributed by atoms with Crippen molar-refractivity contribution in [1.82, 2.24) is 0 Å². The number of azo groups is 1. The molecular formula is C37H43N3O5. The van der Waals surface area contributed by atoms with Crippen LogP contribution in [0.15, 0.2) is 95.2 Å². The van der Waals surface area contributed by atoms with Gasteiger partial charge in [-0.25, -0.2) is 4.79 Å². The van der Waals surface area contributed by atoms with Crippen LogP contribution in [0.5, 0.6) is 11.5 Å². The lowest BCUT2D eigenvalue weighted by atomic mass is 10.1. The van der Waals surface area contributed by atoms with Gasteiger partial charge in [-0.2, -0.15) is 5.11 Å². The summed E-state index contributed by atoms with van der Waals surface area (Å²) in [6.07, 6.45) is 15.7. The molecule has 0 saturated heterocycles. The normalized spacial score (nSPS) is 11.2. The van der Waals surface area contributed by atoms with E-state index < -0.39 is 10.9 Å². The Hall–Kier alpha value is -4.59. The van der Waals surface area contributed by atoms with Crippen LogP contribution in [0.25, 0.3) is 10.8 Å². The number of fused-ring (bicyclic) bond motifs is 1. The topological polar surface area (TPSA) is 103 Å². The summed E-state index contributed by atoms with van der Waals surface area (Å²) in [5, 5.41) is 20.9. The predicted octanol–water partition coefficient (Wildman–Crippen LogP) is 11.5. The molecule has 0 N–H and O–H groups in total. The average Bonchev–Trinajstić information content (AvgIpc) is 3.07. The Kier molecular flexibility index (Phi) is 13.5. The lowest BCUT2D eigenvalue weighted by Gasteiger charge is -2.10. The Labute approximate surface area is 265 Å². The molecule has 0 aliphatic rings. The van der Waals surface area contributed by atoms with Crippen LogP contribution in [0.3, 0.4) is 0 Å². The van der Waals surface area contributed by atoms with Crippen LogP contribution in [0.2, 0.25) is 0 Å². The molecule has 0 amide bonds. The molecule has 0 atom stereocenters. The SMILES string of the molecule is CCCCCCCCCCCCCCOc1ccc(C(=O)Oc2ccc(N=Nc3ccc([N+](=O)[O-])cc3)c3ccccc23)cc1. The van der Waals surface area contributed by atoms with E-state index in [-0.39, 0.29) is 5.69 Å². The number of benzene rings is 4. The second-order valence-electron chi connectivity index (χ2n) is 11.3. The van der Waals surface area contributed by atoms with Crippen molar-refractivity contribution in [3.63, 3.8) is 0 Å². The lowest BCUT2D eigenvalue weighted by Crippen LogP contribution is -2.08. The Morgan fingerprint density at radius 3 is 1.91 bits per heavy atom. The first-order valence-electron chi connectivity index (χ1n) is 16.2. The van der Waals surface area contributed by atoms with Crippen LogP contribution in [0.4, 0.5) is 17.1 Å². The van der Waals surface area contributed by atoms with Crippen molar-refractivity contribution in [2.45, 2.75) is 84.0 Å². The number of nitrogens with zero attached hydrogens (tertiary/aromatic N) is 3. The highest BCUT2D eigenvalue weighted by Gasteiger charge is 2.13. The van der Waals surface area contributed by atoms with E-state index in [0.29, 0.717) is 34.7 Å². The predicted molar refractivity (Wildman–Crippen MR) is 179 cm³/mol. The van der Waals surface area contributed by atoms with Crippen molar-refractivity contribution in [3.05, 3.63) is 101 Å². The van der Waals surface area contributed by atoms with Gasteiger partial charge in [0, 0.05) is 22.9 Å². The summed E-state index contributed by atoms with van der Waals surface area (Å²) in [6.45, 7) is 2.93. The maximum atomic E-state index is 13.0. The van der Waals surface area contributed by atoms with Gasteiger partial charge in [0.05, 0.1) is 28.5 Å². The molecule has 4 aromatic carbocycles. The summed E-state index contributed by atoms with van der Waals surface area (Å²) < 4.78 is 11.7. The third kappa shape index (κ3) is 10.8. The van der Waals surface area contributed by atoms with Crippen molar-refractivity contribution in [3.8, 4) is 11.5 Å². The highest BCUT2D eigenvalue weighted by atomic mass is 16.6. The minimum Gasteiger partial charge on any atom is -0.494 e. The van der Waals surface area contributed by atoms with Gasteiger partial charge in [0.1, 0.15) is 11.5 Å². The van der Waals surface area contributed by atoms with Gasteiger partial charge in [-0.1, -0.05) is 102 Å². The van der Waals surface area contributed by atoms with Gasteiger partial charge in [0.2, 0.25) is 0 Å². The summed E-state index contributed by atoms with van der Waals surface area (Å²) in [6, 6.07) is 23.8. The fourth-order valence-electron chi connectivity index (χ4n) is 5.16. The minimum atomic E-state index is -0.465. The van der Waals surface area contributed by atoms with Crippen molar-refractivity contribution in [1.29, 1.82) is 0 Å².